The first-order valence-electron chi connectivity index (χ1n) is 6.54. The zero-order chi connectivity index (χ0) is 18.6. The van der Waals surface area contributed by atoms with Gasteiger partial charge in [0.15, 0.2) is 0 Å². The Morgan fingerprint density at radius 1 is 1.12 bits per heavy atom. The highest BCUT2D eigenvalue weighted by atomic mass is 19.4. The summed E-state index contributed by atoms with van der Waals surface area (Å²) < 4.78 is 69.4. The van der Waals surface area contributed by atoms with Gasteiger partial charge in [-0.05, 0) is 12.5 Å². The number of ether oxygens (including phenoxy) is 1. The molecule has 2 N–H and O–H groups in total. The second kappa shape index (κ2) is 7.02. The number of carboxylic acids is 1. The zero-order valence-corrected chi connectivity index (χ0v) is 12.4. The molecule has 0 radical (unpaired) electrons. The smallest absolute Gasteiger partial charge is 0.455 e. The van der Waals surface area contributed by atoms with Crippen LogP contribution in [0.15, 0.2) is 30.3 Å². The SMILES string of the molecule is CC(CC(=O)O)(NC(=O)OCc1ccccc1)C(F)(F)C(F)(F)F. The van der Waals surface area contributed by atoms with Gasteiger partial charge in [0, 0.05) is 0 Å². The zero-order valence-electron chi connectivity index (χ0n) is 12.4. The quantitative estimate of drug-likeness (QED) is 0.768. The van der Waals surface area contributed by atoms with Crippen molar-refractivity contribution in [3.63, 3.8) is 0 Å². The van der Waals surface area contributed by atoms with E-state index in [1.807, 2.05) is 0 Å². The lowest BCUT2D eigenvalue weighted by Gasteiger charge is -2.37. The number of carboxylic acid groups (broad SMARTS) is 1. The first kappa shape index (κ1) is 19.7. The lowest BCUT2D eigenvalue weighted by molar-refractivity contribution is -0.308. The van der Waals surface area contributed by atoms with Gasteiger partial charge >= 0.3 is 24.2 Å². The van der Waals surface area contributed by atoms with Crippen LogP contribution in [0.1, 0.15) is 18.9 Å². The van der Waals surface area contributed by atoms with Crippen LogP contribution < -0.4 is 5.32 Å². The minimum Gasteiger partial charge on any atom is -0.481 e. The summed E-state index contributed by atoms with van der Waals surface area (Å²) in [5, 5.41) is 9.94. The Morgan fingerprint density at radius 2 is 1.67 bits per heavy atom. The minimum atomic E-state index is -6.05. The first-order valence-corrected chi connectivity index (χ1v) is 6.54. The largest absolute Gasteiger partial charge is 0.481 e. The molecule has 0 saturated carbocycles. The fraction of sp³-hybridized carbons (Fsp3) is 0.429. The summed E-state index contributed by atoms with van der Waals surface area (Å²) >= 11 is 0. The first-order chi connectivity index (χ1) is 10.9. The number of rotatable bonds is 6. The Balaban J connectivity index is 2.89. The molecule has 5 nitrogen and oxygen atoms in total. The van der Waals surface area contributed by atoms with E-state index in [2.05, 4.69) is 4.74 Å². The molecule has 0 bridgehead atoms. The number of alkyl carbamates (subject to hydrolysis) is 1. The molecule has 0 saturated heterocycles. The van der Waals surface area contributed by atoms with Crippen molar-refractivity contribution in [1.29, 1.82) is 0 Å². The topological polar surface area (TPSA) is 75.6 Å². The highest BCUT2D eigenvalue weighted by Crippen LogP contribution is 2.44. The van der Waals surface area contributed by atoms with Crippen LogP contribution in [0.3, 0.4) is 0 Å². The maximum Gasteiger partial charge on any atom is 0.455 e. The van der Waals surface area contributed by atoms with Crippen molar-refractivity contribution in [3.05, 3.63) is 35.9 Å². The maximum absolute atomic E-state index is 13.6. The van der Waals surface area contributed by atoms with Crippen LogP contribution in [-0.2, 0) is 16.1 Å². The summed E-state index contributed by atoms with van der Waals surface area (Å²) in [6, 6.07) is 7.94. The predicted octanol–water partition coefficient (Wildman–Crippen LogP) is 3.34. The van der Waals surface area contributed by atoms with Gasteiger partial charge in [0.25, 0.3) is 0 Å². The second-order valence-electron chi connectivity index (χ2n) is 5.16. The number of benzene rings is 1. The average molecular weight is 355 g/mol. The summed E-state index contributed by atoms with van der Waals surface area (Å²) in [6.45, 7) is -0.0915. The predicted molar refractivity (Wildman–Crippen MR) is 71.4 cm³/mol. The number of alkyl halides is 5. The molecule has 0 aliphatic rings. The van der Waals surface area contributed by atoms with Crippen LogP contribution in [0.5, 0.6) is 0 Å². The summed E-state index contributed by atoms with van der Waals surface area (Å²) in [5.74, 6) is -7.42. The third kappa shape index (κ3) is 4.56. The molecule has 1 atom stereocenters. The highest BCUT2D eigenvalue weighted by Gasteiger charge is 2.69. The molecule has 1 unspecified atom stereocenters. The molecule has 134 valence electrons. The normalized spacial score (nSPS) is 14.6. The van der Waals surface area contributed by atoms with Gasteiger partial charge in [0.05, 0.1) is 6.42 Å². The molecule has 0 spiro atoms. The van der Waals surface area contributed by atoms with Crippen molar-refractivity contribution >= 4 is 12.1 Å². The standard InChI is InChI=1S/C14H14F5NO4/c1-12(7-10(21)22,13(15,16)14(17,18)19)20-11(23)24-8-9-5-3-2-4-6-9/h2-6H,7-8H2,1H3,(H,20,23)(H,21,22). The molecule has 1 aromatic rings. The van der Waals surface area contributed by atoms with E-state index < -0.39 is 36.1 Å². The Kier molecular flexibility index (Phi) is 5.75. The minimum absolute atomic E-state index is 0.290. The molecule has 1 aromatic carbocycles. The summed E-state index contributed by atoms with van der Waals surface area (Å²) in [4.78, 5) is 22.2. The molecule has 0 aromatic heterocycles. The van der Waals surface area contributed by atoms with E-state index in [0.29, 0.717) is 12.5 Å². The number of carbonyl (C=O) groups is 2. The summed E-state index contributed by atoms with van der Waals surface area (Å²) in [5.41, 5.74) is -2.94. The molecular formula is C14H14F5NO4. The van der Waals surface area contributed by atoms with Gasteiger partial charge in [0.2, 0.25) is 0 Å². The van der Waals surface area contributed by atoms with Gasteiger partial charge in [0.1, 0.15) is 12.1 Å². The summed E-state index contributed by atoms with van der Waals surface area (Å²) in [7, 11) is 0. The monoisotopic (exact) mass is 355 g/mol. The van der Waals surface area contributed by atoms with Gasteiger partial charge < -0.3 is 15.2 Å². The van der Waals surface area contributed by atoms with E-state index >= 15 is 0 Å². The molecule has 1 rings (SSSR count). The molecule has 0 heterocycles. The number of amides is 1. The molecular weight excluding hydrogens is 341 g/mol. The van der Waals surface area contributed by atoms with Gasteiger partial charge in [-0.2, -0.15) is 22.0 Å². The molecule has 0 fully saturated rings. The van der Waals surface area contributed by atoms with Crippen LogP contribution in [0.25, 0.3) is 0 Å². The van der Waals surface area contributed by atoms with E-state index in [0.717, 1.165) is 0 Å². The second-order valence-corrected chi connectivity index (χ2v) is 5.16. The molecule has 24 heavy (non-hydrogen) atoms. The van der Waals surface area contributed by atoms with Gasteiger partial charge in [-0.3, -0.25) is 4.79 Å². The van der Waals surface area contributed by atoms with Crippen molar-refractivity contribution in [1.82, 2.24) is 5.32 Å². The van der Waals surface area contributed by atoms with Crippen LogP contribution in [0, 0.1) is 0 Å². The fourth-order valence-corrected chi connectivity index (χ4v) is 1.83. The van der Waals surface area contributed by atoms with Crippen LogP contribution >= 0.6 is 0 Å². The molecule has 1 amide bonds. The Labute approximate surface area is 133 Å². The fourth-order valence-electron chi connectivity index (χ4n) is 1.83. The molecule has 0 aliphatic carbocycles. The van der Waals surface area contributed by atoms with Gasteiger partial charge in [-0.1, -0.05) is 30.3 Å². The summed E-state index contributed by atoms with van der Waals surface area (Å²) in [6.07, 6.45) is -9.30. The highest BCUT2D eigenvalue weighted by molar-refractivity contribution is 5.73. The number of halogens is 5. The van der Waals surface area contributed by atoms with E-state index in [4.69, 9.17) is 5.11 Å². The van der Waals surface area contributed by atoms with E-state index in [-0.39, 0.29) is 6.61 Å². The maximum atomic E-state index is 13.6. The Bertz CT molecular complexity index is 591. The Hall–Kier alpha value is -2.39. The van der Waals surface area contributed by atoms with Crippen molar-refractivity contribution in [2.24, 2.45) is 0 Å². The lowest BCUT2D eigenvalue weighted by atomic mass is 9.89. The average Bonchev–Trinajstić information content (AvgIpc) is 2.44. The molecule has 0 aliphatic heterocycles. The van der Waals surface area contributed by atoms with Crippen molar-refractivity contribution in [2.75, 3.05) is 0 Å². The van der Waals surface area contributed by atoms with Crippen molar-refractivity contribution < 1.29 is 41.4 Å². The van der Waals surface area contributed by atoms with Gasteiger partial charge in [-0.25, -0.2) is 4.79 Å². The molecule has 10 heteroatoms. The van der Waals surface area contributed by atoms with Crippen LogP contribution in [0.4, 0.5) is 26.7 Å². The van der Waals surface area contributed by atoms with E-state index in [1.165, 1.54) is 17.4 Å². The third-order valence-electron chi connectivity index (χ3n) is 3.14. The number of nitrogens with one attached hydrogen (secondary N) is 1. The lowest BCUT2D eigenvalue weighted by Crippen LogP contribution is -2.65. The third-order valence-corrected chi connectivity index (χ3v) is 3.14. The van der Waals surface area contributed by atoms with E-state index in [1.54, 1.807) is 18.2 Å². The van der Waals surface area contributed by atoms with Gasteiger partial charge in [-0.15, -0.1) is 0 Å². The van der Waals surface area contributed by atoms with Crippen LogP contribution in [0.2, 0.25) is 0 Å². The van der Waals surface area contributed by atoms with Crippen molar-refractivity contribution in [3.8, 4) is 0 Å². The number of hydrogen-bond acceptors (Lipinski definition) is 3. The number of carbonyl (C=O) groups excluding carboxylic acids is 1. The number of aliphatic carboxylic acids is 1. The Morgan fingerprint density at radius 3 is 2.12 bits per heavy atom. The van der Waals surface area contributed by atoms with Crippen molar-refractivity contribution in [2.45, 2.75) is 37.6 Å². The number of hydrogen-bond donors (Lipinski definition) is 2. The van der Waals surface area contributed by atoms with Crippen LogP contribution in [-0.4, -0.2) is 34.8 Å². The van der Waals surface area contributed by atoms with E-state index in [9.17, 15) is 31.5 Å².